The third-order valence-corrected chi connectivity index (χ3v) is 3.09. The van der Waals surface area contributed by atoms with Gasteiger partial charge in [0, 0.05) is 12.2 Å². The van der Waals surface area contributed by atoms with Crippen molar-refractivity contribution in [2.75, 3.05) is 5.73 Å². The van der Waals surface area contributed by atoms with Gasteiger partial charge in [-0.15, -0.1) is 0 Å². The molecule has 17 heavy (non-hydrogen) atoms. The number of carbonyl (C=O) groups is 1. The van der Waals surface area contributed by atoms with Gasteiger partial charge in [0.25, 0.3) is 5.91 Å². The zero-order valence-electron chi connectivity index (χ0n) is 10.4. The topological polar surface area (TPSA) is 72.9 Å². The van der Waals surface area contributed by atoms with Crippen LogP contribution in [-0.2, 0) is 0 Å². The highest BCUT2D eigenvalue weighted by Crippen LogP contribution is 2.29. The summed E-state index contributed by atoms with van der Waals surface area (Å²) < 4.78 is 1.86. The lowest BCUT2D eigenvalue weighted by molar-refractivity contribution is 0.0938. The fourth-order valence-electron chi connectivity index (χ4n) is 2.27. The maximum atomic E-state index is 11.8. The van der Waals surface area contributed by atoms with Gasteiger partial charge in [0.2, 0.25) is 0 Å². The van der Waals surface area contributed by atoms with Crippen LogP contribution in [-0.4, -0.2) is 21.7 Å². The summed E-state index contributed by atoms with van der Waals surface area (Å²) in [7, 11) is 0. The molecule has 1 heterocycles. The molecule has 0 spiro atoms. The molecule has 94 valence electrons. The summed E-state index contributed by atoms with van der Waals surface area (Å²) in [6.45, 7) is 3.84. The Balaban J connectivity index is 2.15. The second-order valence-electron chi connectivity index (χ2n) is 4.98. The lowest BCUT2D eigenvalue weighted by atomic mass is 10.3. The van der Waals surface area contributed by atoms with E-state index in [9.17, 15) is 4.79 Å². The Morgan fingerprint density at radius 2 is 2.18 bits per heavy atom. The van der Waals surface area contributed by atoms with Crippen LogP contribution in [0.15, 0.2) is 6.20 Å². The number of aromatic nitrogens is 2. The normalized spacial score (nSPS) is 16.6. The number of nitrogens with two attached hydrogens (primary N) is 1. The van der Waals surface area contributed by atoms with Crippen molar-refractivity contribution < 1.29 is 4.79 Å². The van der Waals surface area contributed by atoms with Gasteiger partial charge in [-0.05, 0) is 26.7 Å². The predicted octanol–water partition coefficient (Wildman–Crippen LogP) is 1.72. The van der Waals surface area contributed by atoms with Gasteiger partial charge in [-0.1, -0.05) is 12.8 Å². The lowest BCUT2D eigenvalue weighted by Gasteiger charge is -2.09. The number of amides is 1. The molecule has 0 unspecified atom stereocenters. The first-order valence-electron chi connectivity index (χ1n) is 6.23. The van der Waals surface area contributed by atoms with Gasteiger partial charge in [-0.25, -0.2) is 0 Å². The van der Waals surface area contributed by atoms with Gasteiger partial charge in [0.05, 0.1) is 11.7 Å². The average Bonchev–Trinajstić information content (AvgIpc) is 2.84. The van der Waals surface area contributed by atoms with Gasteiger partial charge in [-0.2, -0.15) is 5.10 Å². The molecule has 1 aliphatic rings. The molecule has 0 atom stereocenters. The molecule has 0 aromatic carbocycles. The Morgan fingerprint density at radius 3 is 2.76 bits per heavy atom. The van der Waals surface area contributed by atoms with Crippen LogP contribution >= 0.6 is 0 Å². The zero-order chi connectivity index (χ0) is 12.4. The van der Waals surface area contributed by atoms with Crippen molar-refractivity contribution >= 4 is 11.6 Å². The fourth-order valence-corrected chi connectivity index (χ4v) is 2.27. The van der Waals surface area contributed by atoms with Crippen LogP contribution in [0.5, 0.6) is 0 Å². The lowest BCUT2D eigenvalue weighted by Crippen LogP contribution is -2.31. The van der Waals surface area contributed by atoms with E-state index >= 15 is 0 Å². The average molecular weight is 236 g/mol. The molecule has 5 nitrogen and oxygen atoms in total. The van der Waals surface area contributed by atoms with E-state index < -0.39 is 0 Å². The van der Waals surface area contributed by atoms with Crippen LogP contribution in [0.2, 0.25) is 0 Å². The molecule has 1 fully saturated rings. The van der Waals surface area contributed by atoms with E-state index in [1.165, 1.54) is 12.8 Å². The molecular formula is C12H20N4O. The summed E-state index contributed by atoms with van der Waals surface area (Å²) in [5.41, 5.74) is 6.66. The molecule has 0 radical (unpaired) electrons. The highest BCUT2D eigenvalue weighted by Gasteiger charge is 2.21. The minimum atomic E-state index is -0.186. The SMILES string of the molecule is CC(C)NC(=O)c1nn(C2CCCC2)cc1N. The molecule has 1 aromatic rings. The quantitative estimate of drug-likeness (QED) is 0.839. The molecule has 1 saturated carbocycles. The number of nitrogen functional groups attached to an aromatic ring is 1. The predicted molar refractivity (Wildman–Crippen MR) is 66.7 cm³/mol. The van der Waals surface area contributed by atoms with Crippen molar-refractivity contribution in [1.82, 2.24) is 15.1 Å². The van der Waals surface area contributed by atoms with Crippen LogP contribution in [0.4, 0.5) is 5.69 Å². The molecule has 1 aliphatic carbocycles. The number of hydrogen-bond acceptors (Lipinski definition) is 3. The molecule has 0 aliphatic heterocycles. The van der Waals surface area contributed by atoms with Crippen molar-refractivity contribution in [3.63, 3.8) is 0 Å². The van der Waals surface area contributed by atoms with Crippen LogP contribution < -0.4 is 11.1 Å². The largest absolute Gasteiger partial charge is 0.396 e. The second-order valence-corrected chi connectivity index (χ2v) is 4.98. The molecule has 1 amide bonds. The summed E-state index contributed by atoms with van der Waals surface area (Å²) in [5.74, 6) is -0.186. The first-order chi connectivity index (χ1) is 8.08. The minimum absolute atomic E-state index is 0.0959. The smallest absolute Gasteiger partial charge is 0.274 e. The zero-order valence-corrected chi connectivity index (χ0v) is 10.4. The molecule has 0 saturated heterocycles. The van der Waals surface area contributed by atoms with E-state index in [1.54, 1.807) is 6.20 Å². The summed E-state index contributed by atoms with van der Waals surface area (Å²) in [5, 5.41) is 7.13. The molecule has 3 N–H and O–H groups in total. The number of rotatable bonds is 3. The molecule has 5 heteroatoms. The molecule has 1 aromatic heterocycles. The van der Waals surface area contributed by atoms with E-state index in [-0.39, 0.29) is 11.9 Å². The van der Waals surface area contributed by atoms with Gasteiger partial charge < -0.3 is 11.1 Å². The molecule has 2 rings (SSSR count). The van der Waals surface area contributed by atoms with Gasteiger partial charge in [-0.3, -0.25) is 9.48 Å². The molecular weight excluding hydrogens is 216 g/mol. The van der Waals surface area contributed by atoms with Crippen LogP contribution in [0.3, 0.4) is 0 Å². The fraction of sp³-hybridized carbons (Fsp3) is 0.667. The second kappa shape index (κ2) is 4.77. The van der Waals surface area contributed by atoms with E-state index in [4.69, 9.17) is 5.73 Å². The number of anilines is 1. The maximum absolute atomic E-state index is 11.8. The number of nitrogens with zero attached hydrogens (tertiary/aromatic N) is 2. The Kier molecular flexibility index (Phi) is 3.36. The van der Waals surface area contributed by atoms with Gasteiger partial charge in [0.15, 0.2) is 5.69 Å². The van der Waals surface area contributed by atoms with Gasteiger partial charge in [0.1, 0.15) is 0 Å². The number of hydrogen-bond donors (Lipinski definition) is 2. The van der Waals surface area contributed by atoms with Crippen molar-refractivity contribution in [1.29, 1.82) is 0 Å². The highest BCUT2D eigenvalue weighted by molar-refractivity contribution is 5.97. The van der Waals surface area contributed by atoms with Crippen LogP contribution in [0, 0.1) is 0 Å². The summed E-state index contributed by atoms with van der Waals surface area (Å²) in [6.07, 6.45) is 6.51. The summed E-state index contributed by atoms with van der Waals surface area (Å²) in [4.78, 5) is 11.8. The van der Waals surface area contributed by atoms with Gasteiger partial charge >= 0.3 is 0 Å². The van der Waals surface area contributed by atoms with E-state index in [1.807, 2.05) is 18.5 Å². The Morgan fingerprint density at radius 1 is 1.53 bits per heavy atom. The van der Waals surface area contributed by atoms with Crippen molar-refractivity contribution in [3.05, 3.63) is 11.9 Å². The summed E-state index contributed by atoms with van der Waals surface area (Å²) in [6, 6.07) is 0.511. The monoisotopic (exact) mass is 236 g/mol. The van der Waals surface area contributed by atoms with Crippen molar-refractivity contribution in [3.8, 4) is 0 Å². The van der Waals surface area contributed by atoms with Crippen molar-refractivity contribution in [2.24, 2.45) is 0 Å². The van der Waals surface area contributed by atoms with Crippen molar-refractivity contribution in [2.45, 2.75) is 51.6 Å². The first-order valence-corrected chi connectivity index (χ1v) is 6.23. The Bertz CT molecular complexity index is 405. The minimum Gasteiger partial charge on any atom is -0.396 e. The maximum Gasteiger partial charge on any atom is 0.274 e. The number of nitrogens with one attached hydrogen (secondary N) is 1. The standard InChI is InChI=1S/C12H20N4O/c1-8(2)14-12(17)11-10(13)7-16(15-11)9-5-3-4-6-9/h7-9H,3-6,13H2,1-2H3,(H,14,17). The van der Waals surface area contributed by atoms with E-state index in [2.05, 4.69) is 10.4 Å². The van der Waals surface area contributed by atoms with E-state index in [0.717, 1.165) is 12.8 Å². The Labute approximate surface area is 101 Å². The van der Waals surface area contributed by atoms with Crippen LogP contribution in [0.1, 0.15) is 56.1 Å². The summed E-state index contributed by atoms with van der Waals surface area (Å²) >= 11 is 0. The third kappa shape index (κ3) is 2.60. The first kappa shape index (κ1) is 12.0. The van der Waals surface area contributed by atoms with E-state index in [0.29, 0.717) is 17.4 Å². The highest BCUT2D eigenvalue weighted by atomic mass is 16.2. The Hall–Kier alpha value is -1.52. The van der Waals surface area contributed by atoms with Crippen LogP contribution in [0.25, 0.3) is 0 Å². The third-order valence-electron chi connectivity index (χ3n) is 3.09. The molecule has 0 bridgehead atoms. The number of carbonyl (C=O) groups excluding carboxylic acids is 1.